The third-order valence-electron chi connectivity index (χ3n) is 4.99. The van der Waals surface area contributed by atoms with Gasteiger partial charge in [0.25, 0.3) is 0 Å². The molecule has 0 N–H and O–H groups in total. The monoisotopic (exact) mass is 637 g/mol. The molecule has 7 rings (SSSR count). The van der Waals surface area contributed by atoms with Gasteiger partial charge in [-0.1, -0.05) is 12.1 Å². The number of fused-ring (bicyclic) bond motifs is 14. The first kappa shape index (κ1) is 21.0. The molecule has 0 atom stereocenters. The van der Waals surface area contributed by atoms with Crippen molar-refractivity contribution in [3.8, 4) is 0 Å². The summed E-state index contributed by atoms with van der Waals surface area (Å²) in [5.74, 6) is 0. The first-order chi connectivity index (χ1) is 16.8. The maximum atomic E-state index is 4.58. The molecule has 0 amide bonds. The van der Waals surface area contributed by atoms with E-state index in [1.807, 2.05) is 0 Å². The molecule has 0 aliphatic heterocycles. The van der Waals surface area contributed by atoms with E-state index < -0.39 is 0 Å². The second-order valence-electron chi connectivity index (χ2n) is 7.18. The molecule has 0 aliphatic carbocycles. The summed E-state index contributed by atoms with van der Waals surface area (Å²) in [4.78, 5) is 54.0. The van der Waals surface area contributed by atoms with Gasteiger partial charge < -0.3 is 29.9 Å². The van der Waals surface area contributed by atoms with Crippen molar-refractivity contribution in [2.75, 3.05) is 0 Å². The van der Waals surface area contributed by atoms with E-state index in [9.17, 15) is 0 Å². The molecule has 0 fully saturated rings. The number of hydrogen-bond donors (Lipinski definition) is 0. The molecule has 0 spiro atoms. The summed E-state index contributed by atoms with van der Waals surface area (Å²) in [5, 5.41) is 0. The van der Waals surface area contributed by atoms with Crippen molar-refractivity contribution >= 4 is 67.2 Å². The van der Waals surface area contributed by atoms with Gasteiger partial charge in [0.2, 0.25) is 0 Å². The topological polar surface area (TPSA) is 157 Å². The summed E-state index contributed by atoms with van der Waals surface area (Å²) in [6, 6.07) is 10.6. The van der Waals surface area contributed by atoms with Crippen LogP contribution in [0.2, 0.25) is 0 Å². The van der Waals surface area contributed by atoms with Crippen molar-refractivity contribution in [3.05, 3.63) is 61.2 Å². The Balaban J connectivity index is 0.00000229. The van der Waals surface area contributed by atoms with Crippen LogP contribution in [0.25, 0.3) is 67.2 Å². The molecule has 7 aromatic rings. The van der Waals surface area contributed by atoms with Gasteiger partial charge in [0.1, 0.15) is 22.1 Å². The molecule has 0 saturated carbocycles. The smallest absolute Gasteiger partial charge is 0.354 e. The van der Waals surface area contributed by atoms with Gasteiger partial charge in [-0.15, -0.1) is 0 Å². The van der Waals surface area contributed by atoms with Gasteiger partial charge in [-0.05, 0) is 24.3 Å². The minimum Gasteiger partial charge on any atom is -0.354 e. The van der Waals surface area contributed by atoms with Gasteiger partial charge in [0.05, 0.1) is 22.6 Å². The van der Waals surface area contributed by atoms with Crippen LogP contribution < -0.4 is 9.97 Å². The Bertz CT molecular complexity index is 1720. The molecule has 0 aliphatic rings. The van der Waals surface area contributed by atoms with Gasteiger partial charge in [-0.25, -0.2) is 9.97 Å². The average Bonchev–Trinajstić information content (AvgIpc) is 3.37. The summed E-state index contributed by atoms with van der Waals surface area (Å²) in [5.41, 5.74) is 5.06. The molecule has 7 aromatic heterocycles. The zero-order chi connectivity index (χ0) is 22.5. The van der Waals surface area contributed by atoms with Crippen LogP contribution in [0.3, 0.4) is 0 Å². The third-order valence-corrected chi connectivity index (χ3v) is 4.99. The van der Waals surface area contributed by atoms with E-state index in [0.29, 0.717) is 67.2 Å². The quantitative estimate of drug-likeness (QED) is 0.239. The minimum atomic E-state index is 0. The summed E-state index contributed by atoms with van der Waals surface area (Å²) in [7, 11) is 0. The molecular formula is C22H10N12Pt. The number of nitrogens with zero attached hydrogens (tertiary/aromatic N) is 12. The maximum absolute atomic E-state index is 4.58. The van der Waals surface area contributed by atoms with Crippen LogP contribution in [0, 0.1) is 0 Å². The van der Waals surface area contributed by atoms with Crippen molar-refractivity contribution in [3.63, 3.8) is 0 Å². The first-order valence-corrected chi connectivity index (χ1v) is 10.2. The Morgan fingerprint density at radius 1 is 0.400 bits per heavy atom. The molecule has 0 saturated heterocycles. The summed E-state index contributed by atoms with van der Waals surface area (Å²) >= 11 is 0. The van der Waals surface area contributed by atoms with Gasteiger partial charge in [0.15, 0.2) is 0 Å². The molecular weight excluding hydrogens is 627 g/mol. The van der Waals surface area contributed by atoms with Crippen LogP contribution in [0.4, 0.5) is 0 Å². The van der Waals surface area contributed by atoms with Gasteiger partial charge in [-0.2, -0.15) is 0 Å². The molecule has 0 unspecified atom stereocenters. The van der Waals surface area contributed by atoms with E-state index in [-0.39, 0.29) is 21.1 Å². The minimum absolute atomic E-state index is 0. The van der Waals surface area contributed by atoms with E-state index in [4.69, 9.17) is 0 Å². The fourth-order valence-electron chi connectivity index (χ4n) is 3.56. The largest absolute Gasteiger partial charge is 2.00 e. The number of pyridine rings is 2. The van der Waals surface area contributed by atoms with Crippen LogP contribution in [0.5, 0.6) is 0 Å². The zero-order valence-corrected chi connectivity index (χ0v) is 19.7. The SMILES string of the molecule is [Pt+2].c1cc2nc(c1)nc1[n-]c(nc3cccc(n3)nc3[n-]c(n2)c2nccnc32)c2nccnc12. The molecule has 35 heavy (non-hydrogen) atoms. The molecule has 0 radical (unpaired) electrons. The van der Waals surface area contributed by atoms with E-state index in [0.717, 1.165) is 0 Å². The van der Waals surface area contributed by atoms with Crippen molar-refractivity contribution in [1.82, 2.24) is 59.8 Å². The van der Waals surface area contributed by atoms with E-state index in [2.05, 4.69) is 59.8 Å². The van der Waals surface area contributed by atoms with Crippen LogP contribution in [0.15, 0.2) is 61.2 Å². The fraction of sp³-hybridized carbons (Fsp3) is 0. The number of rotatable bonds is 0. The predicted octanol–water partition coefficient (Wildman–Crippen LogP) is 2.15. The van der Waals surface area contributed by atoms with Crippen molar-refractivity contribution in [1.29, 1.82) is 0 Å². The molecule has 7 heterocycles. The molecule has 13 heteroatoms. The van der Waals surface area contributed by atoms with E-state index in [1.165, 1.54) is 0 Å². The van der Waals surface area contributed by atoms with Crippen LogP contribution in [-0.4, -0.2) is 49.8 Å². The van der Waals surface area contributed by atoms with E-state index >= 15 is 0 Å². The Labute approximate surface area is 209 Å². The maximum Gasteiger partial charge on any atom is 2.00 e. The summed E-state index contributed by atoms with van der Waals surface area (Å²) in [6.45, 7) is 0. The Hall–Kier alpha value is -4.57. The van der Waals surface area contributed by atoms with Gasteiger partial charge >= 0.3 is 21.1 Å². The van der Waals surface area contributed by atoms with Crippen LogP contribution in [0.1, 0.15) is 0 Å². The molecule has 168 valence electrons. The van der Waals surface area contributed by atoms with Crippen molar-refractivity contribution in [2.45, 2.75) is 0 Å². The fourth-order valence-corrected chi connectivity index (χ4v) is 3.56. The Morgan fingerprint density at radius 2 is 0.686 bits per heavy atom. The zero-order valence-electron chi connectivity index (χ0n) is 17.5. The number of aromatic nitrogens is 12. The third kappa shape index (κ3) is 3.69. The van der Waals surface area contributed by atoms with Gasteiger partial charge in [0, 0.05) is 47.4 Å². The van der Waals surface area contributed by atoms with Crippen molar-refractivity contribution < 1.29 is 21.1 Å². The first-order valence-electron chi connectivity index (χ1n) is 10.2. The Morgan fingerprint density at radius 3 is 0.971 bits per heavy atom. The van der Waals surface area contributed by atoms with E-state index in [1.54, 1.807) is 61.2 Å². The summed E-state index contributed by atoms with van der Waals surface area (Å²) in [6.07, 6.45) is 6.32. The predicted molar refractivity (Wildman–Crippen MR) is 123 cm³/mol. The van der Waals surface area contributed by atoms with Crippen LogP contribution in [-0.2, 0) is 21.1 Å². The van der Waals surface area contributed by atoms with Crippen LogP contribution >= 0.6 is 0 Å². The normalized spacial score (nSPS) is 11.2. The molecule has 8 bridgehead atoms. The standard InChI is InChI=1S/C22H10N12.Pt/c1-3-11-27-12(4-1)30-20-16-18(26-10-8-24-16)22(34-20)32-14-6-2-5-13(28-14)31-21-17-15(19(29-11)33-21)23-7-9-25-17;/h1-10H;/q-2;+2. The van der Waals surface area contributed by atoms with Crippen molar-refractivity contribution in [2.24, 2.45) is 0 Å². The average molecular weight is 637 g/mol. The molecule has 0 aromatic carbocycles. The second kappa shape index (κ2) is 8.33. The number of hydrogen-bond acceptors (Lipinski definition) is 10. The second-order valence-corrected chi connectivity index (χ2v) is 7.18. The molecule has 12 nitrogen and oxygen atoms in total. The Kier molecular flexibility index (Phi) is 5.00. The summed E-state index contributed by atoms with van der Waals surface area (Å²) < 4.78 is 0. The van der Waals surface area contributed by atoms with Gasteiger partial charge in [-0.3, -0.25) is 19.9 Å².